The fourth-order valence-corrected chi connectivity index (χ4v) is 3.11. The predicted octanol–water partition coefficient (Wildman–Crippen LogP) is 3.05. The van der Waals surface area contributed by atoms with Crippen LogP contribution in [0.3, 0.4) is 0 Å². The molecule has 1 atom stereocenters. The highest BCUT2D eigenvalue weighted by Gasteiger charge is 2.41. The van der Waals surface area contributed by atoms with E-state index in [0.29, 0.717) is 25.9 Å². The Labute approximate surface area is 128 Å². The van der Waals surface area contributed by atoms with Crippen molar-refractivity contribution in [2.75, 3.05) is 20.2 Å². The standard InChI is InChI=1S/C16H21F2NO3/c1-3-16(15(20)21)7-4-8-19(10-16)9-11-13(22-2)6-5-12(17)14(11)18/h5-6H,3-4,7-10H2,1-2H3,(H,20,21)/t16-/m0/s1. The molecule has 0 spiro atoms. The molecule has 1 N–H and O–H groups in total. The predicted molar refractivity (Wildman–Crippen MR) is 77.8 cm³/mol. The maximum atomic E-state index is 14.0. The Hall–Kier alpha value is -1.69. The lowest BCUT2D eigenvalue weighted by Crippen LogP contribution is -2.47. The molecule has 1 aromatic carbocycles. The topological polar surface area (TPSA) is 49.8 Å². The van der Waals surface area contributed by atoms with E-state index in [1.807, 2.05) is 11.8 Å². The highest BCUT2D eigenvalue weighted by molar-refractivity contribution is 5.75. The number of likely N-dealkylation sites (tertiary alicyclic amines) is 1. The summed E-state index contributed by atoms with van der Waals surface area (Å²) in [7, 11) is 1.40. The molecule has 4 nitrogen and oxygen atoms in total. The molecule has 0 bridgehead atoms. The van der Waals surface area contributed by atoms with Crippen LogP contribution in [-0.4, -0.2) is 36.2 Å². The number of nitrogens with zero attached hydrogens (tertiary/aromatic N) is 1. The van der Waals surface area contributed by atoms with Gasteiger partial charge in [-0.3, -0.25) is 9.69 Å². The highest BCUT2D eigenvalue weighted by atomic mass is 19.2. The Morgan fingerprint density at radius 2 is 2.18 bits per heavy atom. The molecule has 1 aliphatic rings. The van der Waals surface area contributed by atoms with E-state index in [-0.39, 0.29) is 17.9 Å². The molecule has 1 saturated heterocycles. The molecule has 0 radical (unpaired) electrons. The Bertz CT molecular complexity index is 565. The quantitative estimate of drug-likeness (QED) is 0.908. The van der Waals surface area contributed by atoms with E-state index >= 15 is 0 Å². The van der Waals surface area contributed by atoms with E-state index < -0.39 is 23.0 Å². The summed E-state index contributed by atoms with van der Waals surface area (Å²) >= 11 is 0. The van der Waals surface area contributed by atoms with Gasteiger partial charge in [-0.25, -0.2) is 8.78 Å². The van der Waals surface area contributed by atoms with Crippen LogP contribution in [0.15, 0.2) is 12.1 Å². The summed E-state index contributed by atoms with van der Waals surface area (Å²) < 4.78 is 32.6. The van der Waals surface area contributed by atoms with Gasteiger partial charge in [-0.1, -0.05) is 6.92 Å². The molecular weight excluding hydrogens is 292 g/mol. The van der Waals surface area contributed by atoms with Gasteiger partial charge in [0.25, 0.3) is 0 Å². The number of carboxylic acid groups (broad SMARTS) is 1. The molecule has 2 rings (SSSR count). The third kappa shape index (κ3) is 3.06. The van der Waals surface area contributed by atoms with E-state index in [4.69, 9.17) is 4.74 Å². The van der Waals surface area contributed by atoms with Crippen molar-refractivity contribution in [1.29, 1.82) is 0 Å². The van der Waals surface area contributed by atoms with Gasteiger partial charge in [0.1, 0.15) is 5.75 Å². The van der Waals surface area contributed by atoms with Gasteiger partial charge in [-0.2, -0.15) is 0 Å². The number of carbonyl (C=O) groups is 1. The summed E-state index contributed by atoms with van der Waals surface area (Å²) in [5, 5.41) is 9.49. The zero-order valence-electron chi connectivity index (χ0n) is 12.9. The minimum atomic E-state index is -0.928. The first-order chi connectivity index (χ1) is 10.4. The second-order valence-electron chi connectivity index (χ2n) is 5.80. The number of aliphatic carboxylic acids is 1. The van der Waals surface area contributed by atoms with Gasteiger partial charge in [-0.05, 0) is 37.9 Å². The molecule has 0 amide bonds. The number of methoxy groups -OCH3 is 1. The SMILES string of the molecule is CC[C@]1(C(=O)O)CCCN(Cc2c(OC)ccc(F)c2F)C1. The van der Waals surface area contributed by atoms with Crippen LogP contribution in [0.4, 0.5) is 8.78 Å². The van der Waals surface area contributed by atoms with Crippen molar-refractivity contribution in [1.82, 2.24) is 4.90 Å². The van der Waals surface area contributed by atoms with Gasteiger partial charge < -0.3 is 9.84 Å². The molecule has 0 saturated carbocycles. The van der Waals surface area contributed by atoms with Gasteiger partial charge in [0.05, 0.1) is 12.5 Å². The van der Waals surface area contributed by atoms with Crippen LogP contribution in [0.5, 0.6) is 5.75 Å². The normalized spacial score (nSPS) is 22.5. The van der Waals surface area contributed by atoms with Gasteiger partial charge in [0, 0.05) is 18.7 Å². The summed E-state index contributed by atoms with van der Waals surface area (Å²) in [6, 6.07) is 2.42. The third-order valence-electron chi connectivity index (χ3n) is 4.54. The van der Waals surface area contributed by atoms with E-state index in [2.05, 4.69) is 0 Å². The summed E-state index contributed by atoms with van der Waals surface area (Å²) in [6.07, 6.45) is 1.85. The van der Waals surface area contributed by atoms with E-state index in [1.54, 1.807) is 0 Å². The fourth-order valence-electron chi connectivity index (χ4n) is 3.11. The molecule has 1 heterocycles. The van der Waals surface area contributed by atoms with Crippen LogP contribution >= 0.6 is 0 Å². The summed E-state index contributed by atoms with van der Waals surface area (Å²) in [5.41, 5.74) is -0.672. The first kappa shape index (κ1) is 16.7. The molecule has 22 heavy (non-hydrogen) atoms. The smallest absolute Gasteiger partial charge is 0.310 e. The lowest BCUT2D eigenvalue weighted by atomic mass is 9.77. The molecule has 1 fully saturated rings. The Balaban J connectivity index is 2.24. The highest BCUT2D eigenvalue weighted by Crippen LogP contribution is 2.35. The van der Waals surface area contributed by atoms with E-state index in [0.717, 1.165) is 12.5 Å². The summed E-state index contributed by atoms with van der Waals surface area (Å²) in [6.45, 7) is 2.98. The number of benzene rings is 1. The Morgan fingerprint density at radius 1 is 1.45 bits per heavy atom. The minimum absolute atomic E-state index is 0.139. The molecule has 0 unspecified atom stereocenters. The van der Waals surface area contributed by atoms with Gasteiger partial charge in [0.2, 0.25) is 0 Å². The number of piperidine rings is 1. The van der Waals surface area contributed by atoms with Crippen LogP contribution in [0.25, 0.3) is 0 Å². The molecule has 0 aromatic heterocycles. The summed E-state index contributed by atoms with van der Waals surface area (Å²) in [4.78, 5) is 13.4. The Kier molecular flexibility index (Phi) is 5.01. The second kappa shape index (κ2) is 6.60. The van der Waals surface area contributed by atoms with Crippen molar-refractivity contribution < 1.29 is 23.4 Å². The minimum Gasteiger partial charge on any atom is -0.496 e. The van der Waals surface area contributed by atoms with Crippen LogP contribution in [0, 0.1) is 17.0 Å². The van der Waals surface area contributed by atoms with Crippen LogP contribution in [0.2, 0.25) is 0 Å². The second-order valence-corrected chi connectivity index (χ2v) is 5.80. The third-order valence-corrected chi connectivity index (χ3v) is 4.54. The van der Waals surface area contributed by atoms with Crippen molar-refractivity contribution in [3.05, 3.63) is 29.3 Å². The van der Waals surface area contributed by atoms with Crippen molar-refractivity contribution in [2.24, 2.45) is 5.41 Å². The number of rotatable bonds is 5. The number of ether oxygens (including phenoxy) is 1. The lowest BCUT2D eigenvalue weighted by Gasteiger charge is -2.39. The van der Waals surface area contributed by atoms with E-state index in [9.17, 15) is 18.7 Å². The number of hydrogen-bond donors (Lipinski definition) is 1. The van der Waals surface area contributed by atoms with Gasteiger partial charge in [-0.15, -0.1) is 0 Å². The number of carboxylic acids is 1. The van der Waals surface area contributed by atoms with Crippen LogP contribution in [0.1, 0.15) is 31.7 Å². The number of halogens is 2. The van der Waals surface area contributed by atoms with Crippen molar-refractivity contribution >= 4 is 5.97 Å². The van der Waals surface area contributed by atoms with Crippen molar-refractivity contribution in [3.8, 4) is 5.75 Å². The average molecular weight is 313 g/mol. The first-order valence-electron chi connectivity index (χ1n) is 7.40. The van der Waals surface area contributed by atoms with Gasteiger partial charge in [0.15, 0.2) is 11.6 Å². The van der Waals surface area contributed by atoms with Crippen LogP contribution in [-0.2, 0) is 11.3 Å². The van der Waals surface area contributed by atoms with Gasteiger partial charge >= 0.3 is 5.97 Å². The molecule has 6 heteroatoms. The largest absolute Gasteiger partial charge is 0.496 e. The maximum absolute atomic E-state index is 14.0. The zero-order valence-corrected chi connectivity index (χ0v) is 12.9. The van der Waals surface area contributed by atoms with Crippen molar-refractivity contribution in [3.63, 3.8) is 0 Å². The average Bonchev–Trinajstić information content (AvgIpc) is 2.52. The molecule has 0 aliphatic carbocycles. The summed E-state index contributed by atoms with van der Waals surface area (Å²) in [5.74, 6) is -2.40. The molecule has 122 valence electrons. The Morgan fingerprint density at radius 3 is 2.77 bits per heavy atom. The molecule has 1 aromatic rings. The molecule has 1 aliphatic heterocycles. The first-order valence-corrected chi connectivity index (χ1v) is 7.40. The molecular formula is C16H21F2NO3. The van der Waals surface area contributed by atoms with E-state index in [1.165, 1.54) is 13.2 Å². The fraction of sp³-hybridized carbons (Fsp3) is 0.562. The zero-order chi connectivity index (χ0) is 16.3. The van der Waals surface area contributed by atoms with Crippen LogP contribution < -0.4 is 4.74 Å². The van der Waals surface area contributed by atoms with Crippen molar-refractivity contribution in [2.45, 2.75) is 32.7 Å². The lowest BCUT2D eigenvalue weighted by molar-refractivity contribution is -0.153. The maximum Gasteiger partial charge on any atom is 0.310 e. The number of hydrogen-bond acceptors (Lipinski definition) is 3. The monoisotopic (exact) mass is 313 g/mol.